The van der Waals surface area contributed by atoms with Crippen LogP contribution in [0.2, 0.25) is 0 Å². The summed E-state index contributed by atoms with van der Waals surface area (Å²) in [6.45, 7) is 1.59. The van der Waals surface area contributed by atoms with E-state index in [-0.39, 0.29) is 27.3 Å². The molecule has 0 saturated heterocycles. The summed E-state index contributed by atoms with van der Waals surface area (Å²) in [4.78, 5) is 3.75. The summed E-state index contributed by atoms with van der Waals surface area (Å²) < 4.78 is 1.03. The summed E-state index contributed by atoms with van der Waals surface area (Å²) in [7, 11) is 3.81. The first-order valence-electron chi connectivity index (χ1n) is 7.32. The van der Waals surface area contributed by atoms with Crippen LogP contribution in [-0.2, 0) is 38.3 Å². The van der Waals surface area contributed by atoms with E-state index in [0.717, 1.165) is 13.1 Å². The number of benzene rings is 2. The van der Waals surface area contributed by atoms with Crippen molar-refractivity contribution in [3.8, 4) is 0 Å². The van der Waals surface area contributed by atoms with Crippen LogP contribution < -0.4 is 0 Å². The first-order valence-corrected chi connectivity index (χ1v) is 8.95. The third-order valence-electron chi connectivity index (χ3n) is 3.15. The minimum atomic E-state index is 0. The first kappa shape index (κ1) is 24.6. The van der Waals surface area contributed by atoms with E-state index in [0.29, 0.717) is 8.64 Å². The molecule has 130 valence electrons. The van der Waals surface area contributed by atoms with Gasteiger partial charge in [0.05, 0.1) is 0 Å². The summed E-state index contributed by atoms with van der Waals surface area (Å²) in [5.41, 5.74) is 2.46. The number of hydrogen-bond donors (Lipinski definition) is 0. The average molecular weight is 600 g/mol. The molecule has 7 heteroatoms. The Kier molecular flexibility index (Phi) is 13.5. The Morgan fingerprint density at radius 2 is 1.00 bits per heavy atom. The van der Waals surface area contributed by atoms with E-state index in [1.165, 1.54) is 11.1 Å². The van der Waals surface area contributed by atoms with Crippen LogP contribution in [0.15, 0.2) is 60.7 Å². The largest absolute Gasteiger partial charge is 2.00 e. The minimum absolute atomic E-state index is 0. The molecule has 2 aromatic carbocycles. The number of hydrogen-bond acceptors (Lipinski definition) is 4. The van der Waals surface area contributed by atoms with Crippen molar-refractivity contribution in [1.82, 2.24) is 9.80 Å². The molecule has 0 spiro atoms. The maximum Gasteiger partial charge on any atom is 2.00 e. The van der Waals surface area contributed by atoms with Crippen LogP contribution in [0.5, 0.6) is 0 Å². The Morgan fingerprint density at radius 1 is 0.720 bits per heavy atom. The standard InChI is InChI=1S/2C9H11NS2.Pb/c2*1-10(9(11)12)7-8-5-3-2-4-6-8;/h2*2-6H,7H2,1H3,(H,11,12);/q;;+2/p-2. The van der Waals surface area contributed by atoms with Crippen molar-refractivity contribution in [2.24, 2.45) is 0 Å². The summed E-state index contributed by atoms with van der Waals surface area (Å²) in [6, 6.07) is 20.3. The van der Waals surface area contributed by atoms with Crippen molar-refractivity contribution in [2.75, 3.05) is 14.1 Å². The summed E-state index contributed by atoms with van der Waals surface area (Å²) in [5, 5.41) is 0. The predicted molar refractivity (Wildman–Crippen MR) is 121 cm³/mol. The van der Waals surface area contributed by atoms with Gasteiger partial charge in [0.15, 0.2) is 0 Å². The molecule has 0 unspecified atom stereocenters. The molecule has 0 saturated carbocycles. The number of nitrogens with zero attached hydrogens (tertiary/aromatic N) is 2. The molecule has 0 aliphatic carbocycles. The van der Waals surface area contributed by atoms with Gasteiger partial charge in [-0.2, -0.15) is 0 Å². The molecule has 2 aromatic rings. The molecular weight excluding hydrogens is 580 g/mol. The molecule has 25 heavy (non-hydrogen) atoms. The van der Waals surface area contributed by atoms with E-state index >= 15 is 0 Å². The SMILES string of the molecule is CN(Cc1ccccc1)C(=S)[S-].CN(Cc1ccccc1)C(=S)[S-].[Pb+2]. The normalized spacial score (nSPS) is 9.04. The third kappa shape index (κ3) is 11.0. The monoisotopic (exact) mass is 600 g/mol. The van der Waals surface area contributed by atoms with Gasteiger partial charge in [-0.3, -0.25) is 0 Å². The van der Waals surface area contributed by atoms with Crippen LogP contribution >= 0.6 is 24.4 Å². The molecule has 0 N–H and O–H groups in total. The summed E-state index contributed by atoms with van der Waals surface area (Å²) in [6.07, 6.45) is 0. The quantitative estimate of drug-likeness (QED) is 0.300. The van der Waals surface area contributed by atoms with Crippen molar-refractivity contribution in [3.05, 3.63) is 71.8 Å². The van der Waals surface area contributed by atoms with Crippen LogP contribution in [0.25, 0.3) is 0 Å². The summed E-state index contributed by atoms with van der Waals surface area (Å²) >= 11 is 19.4. The van der Waals surface area contributed by atoms with Crippen molar-refractivity contribution >= 4 is 85.6 Å². The van der Waals surface area contributed by atoms with Crippen molar-refractivity contribution in [2.45, 2.75) is 13.1 Å². The van der Waals surface area contributed by atoms with Gasteiger partial charge in [0.2, 0.25) is 0 Å². The van der Waals surface area contributed by atoms with Gasteiger partial charge in [0.1, 0.15) is 0 Å². The van der Waals surface area contributed by atoms with Gasteiger partial charge in [-0.1, -0.05) is 69.3 Å². The van der Waals surface area contributed by atoms with Gasteiger partial charge in [0, 0.05) is 27.2 Å². The second-order valence-electron chi connectivity index (χ2n) is 5.22. The maximum absolute atomic E-state index is 4.86. The van der Waals surface area contributed by atoms with Gasteiger partial charge >= 0.3 is 27.3 Å². The van der Waals surface area contributed by atoms with Crippen LogP contribution in [0, 0.1) is 0 Å². The van der Waals surface area contributed by atoms with Crippen molar-refractivity contribution in [3.63, 3.8) is 0 Å². The Morgan fingerprint density at radius 3 is 1.24 bits per heavy atom. The van der Waals surface area contributed by atoms with E-state index in [2.05, 4.69) is 24.3 Å². The maximum atomic E-state index is 4.86. The fraction of sp³-hybridized carbons (Fsp3) is 0.222. The molecule has 0 aromatic heterocycles. The molecule has 0 bridgehead atoms. The number of rotatable bonds is 4. The molecule has 0 amide bonds. The average Bonchev–Trinajstić information content (AvgIpc) is 2.57. The molecule has 0 aliphatic rings. The Bertz CT molecular complexity index is 581. The van der Waals surface area contributed by atoms with Crippen molar-refractivity contribution < 1.29 is 0 Å². The van der Waals surface area contributed by atoms with Gasteiger partial charge in [-0.15, -0.1) is 0 Å². The molecular formula is C18H20N2PbS4. The topological polar surface area (TPSA) is 6.48 Å². The van der Waals surface area contributed by atoms with E-state index in [4.69, 9.17) is 49.7 Å². The molecule has 0 aliphatic heterocycles. The molecule has 0 fully saturated rings. The van der Waals surface area contributed by atoms with Gasteiger partial charge in [0.25, 0.3) is 0 Å². The Hall–Kier alpha value is -0.418. The zero-order valence-electron chi connectivity index (χ0n) is 14.2. The van der Waals surface area contributed by atoms with E-state index in [9.17, 15) is 0 Å². The zero-order valence-corrected chi connectivity index (χ0v) is 21.4. The molecule has 2 rings (SSSR count). The minimum Gasteiger partial charge on any atom is -0.411 e. The van der Waals surface area contributed by atoms with Gasteiger partial charge in [-0.25, -0.2) is 0 Å². The van der Waals surface area contributed by atoms with Crippen molar-refractivity contribution in [1.29, 1.82) is 0 Å². The zero-order chi connectivity index (χ0) is 17.9. The van der Waals surface area contributed by atoms with Crippen LogP contribution in [-0.4, -0.2) is 59.8 Å². The first-order chi connectivity index (χ1) is 11.4. The van der Waals surface area contributed by atoms with E-state index < -0.39 is 0 Å². The van der Waals surface area contributed by atoms with Gasteiger partial charge in [-0.05, 0) is 11.1 Å². The van der Waals surface area contributed by atoms with Gasteiger partial charge < -0.3 is 59.5 Å². The Labute approximate surface area is 193 Å². The van der Waals surface area contributed by atoms with E-state index in [1.54, 1.807) is 0 Å². The molecule has 0 heterocycles. The fourth-order valence-electron chi connectivity index (χ4n) is 1.84. The molecule has 2 nitrogen and oxygen atoms in total. The summed E-state index contributed by atoms with van der Waals surface area (Å²) in [5.74, 6) is 0. The molecule has 2 radical (unpaired) electrons. The van der Waals surface area contributed by atoms with Crippen LogP contribution in [0.3, 0.4) is 0 Å². The van der Waals surface area contributed by atoms with Crippen LogP contribution in [0.1, 0.15) is 11.1 Å². The van der Waals surface area contributed by atoms with E-state index in [1.807, 2.05) is 60.3 Å². The third-order valence-corrected chi connectivity index (χ3v) is 4.40. The van der Waals surface area contributed by atoms with Crippen LogP contribution in [0.4, 0.5) is 0 Å². The second kappa shape index (κ2) is 13.7. The molecule has 0 atom stereocenters. The smallest absolute Gasteiger partial charge is 0.411 e. The predicted octanol–water partition coefficient (Wildman–Crippen LogP) is 3.52. The fourth-order valence-corrected chi connectivity index (χ4v) is 2.10. The Balaban J connectivity index is 0.000000443. The number of thiocarbonyl (C=S) groups is 2. The second-order valence-corrected chi connectivity index (χ2v) is 7.28.